The lowest BCUT2D eigenvalue weighted by molar-refractivity contribution is -0.141. The molecule has 0 aliphatic carbocycles. The SMILES string of the molecule is CCOC(=O)CNC(=O)c1c2ccccc2cc2ccccc12. The van der Waals surface area contributed by atoms with Crippen molar-refractivity contribution in [2.75, 3.05) is 13.2 Å². The summed E-state index contributed by atoms with van der Waals surface area (Å²) >= 11 is 0. The van der Waals surface area contributed by atoms with Crippen LogP contribution in [0.5, 0.6) is 0 Å². The maximum atomic E-state index is 12.7. The second kappa shape index (κ2) is 6.48. The van der Waals surface area contributed by atoms with E-state index in [4.69, 9.17) is 4.74 Å². The molecule has 1 N–H and O–H groups in total. The molecule has 0 saturated heterocycles. The smallest absolute Gasteiger partial charge is 0.325 e. The second-order valence-corrected chi connectivity index (χ2v) is 5.18. The summed E-state index contributed by atoms with van der Waals surface area (Å²) < 4.78 is 4.85. The van der Waals surface area contributed by atoms with Crippen molar-refractivity contribution in [1.82, 2.24) is 5.32 Å². The van der Waals surface area contributed by atoms with Gasteiger partial charge in [0, 0.05) is 0 Å². The number of nitrogens with one attached hydrogen (secondary N) is 1. The van der Waals surface area contributed by atoms with Gasteiger partial charge in [-0.05, 0) is 34.5 Å². The summed E-state index contributed by atoms with van der Waals surface area (Å²) in [7, 11) is 0. The molecular weight excluding hydrogens is 290 g/mol. The molecule has 0 aliphatic rings. The van der Waals surface area contributed by atoms with Gasteiger partial charge in [-0.1, -0.05) is 48.5 Å². The van der Waals surface area contributed by atoms with Gasteiger partial charge in [-0.25, -0.2) is 0 Å². The van der Waals surface area contributed by atoms with Crippen molar-refractivity contribution in [3.05, 3.63) is 60.2 Å². The number of carbonyl (C=O) groups is 2. The van der Waals surface area contributed by atoms with Gasteiger partial charge >= 0.3 is 5.97 Å². The van der Waals surface area contributed by atoms with Crippen LogP contribution in [0.1, 0.15) is 17.3 Å². The molecule has 0 spiro atoms. The largest absolute Gasteiger partial charge is 0.465 e. The standard InChI is InChI=1S/C19H17NO3/c1-2-23-17(21)12-20-19(22)18-15-9-5-3-7-13(15)11-14-8-4-6-10-16(14)18/h3-11H,2,12H2,1H3,(H,20,22). The summed E-state index contributed by atoms with van der Waals surface area (Å²) in [5, 5.41) is 6.38. The molecule has 0 heterocycles. The maximum Gasteiger partial charge on any atom is 0.325 e. The Hall–Kier alpha value is -2.88. The van der Waals surface area contributed by atoms with Crippen LogP contribution in [0.25, 0.3) is 21.5 Å². The first kappa shape index (κ1) is 15.0. The monoisotopic (exact) mass is 307 g/mol. The second-order valence-electron chi connectivity index (χ2n) is 5.18. The number of hydrogen-bond acceptors (Lipinski definition) is 3. The number of ether oxygens (including phenoxy) is 1. The van der Waals surface area contributed by atoms with Crippen LogP contribution in [0.3, 0.4) is 0 Å². The number of rotatable bonds is 4. The zero-order valence-electron chi connectivity index (χ0n) is 12.8. The lowest BCUT2D eigenvalue weighted by atomic mass is 9.96. The van der Waals surface area contributed by atoms with Crippen LogP contribution >= 0.6 is 0 Å². The highest BCUT2D eigenvalue weighted by Crippen LogP contribution is 2.28. The van der Waals surface area contributed by atoms with Crippen LogP contribution in [0.4, 0.5) is 0 Å². The summed E-state index contributed by atoms with van der Waals surface area (Å²) in [6, 6.07) is 17.5. The molecule has 0 atom stereocenters. The van der Waals surface area contributed by atoms with E-state index in [1.165, 1.54) is 0 Å². The molecule has 0 saturated carbocycles. The van der Waals surface area contributed by atoms with E-state index in [-0.39, 0.29) is 12.5 Å². The summed E-state index contributed by atoms with van der Waals surface area (Å²) in [6.07, 6.45) is 0. The molecule has 0 radical (unpaired) electrons. The molecule has 3 rings (SSSR count). The summed E-state index contributed by atoms with van der Waals surface area (Å²) in [5.74, 6) is -0.712. The van der Waals surface area contributed by atoms with Gasteiger partial charge < -0.3 is 10.1 Å². The van der Waals surface area contributed by atoms with Crippen LogP contribution in [0, 0.1) is 0 Å². The molecule has 3 aromatic rings. The van der Waals surface area contributed by atoms with Crippen molar-refractivity contribution in [1.29, 1.82) is 0 Å². The van der Waals surface area contributed by atoms with Crippen molar-refractivity contribution in [3.63, 3.8) is 0 Å². The van der Waals surface area contributed by atoms with E-state index in [0.29, 0.717) is 12.2 Å². The number of esters is 1. The Labute approximate surface area is 134 Å². The third-order valence-electron chi connectivity index (χ3n) is 3.70. The first-order valence-corrected chi connectivity index (χ1v) is 7.55. The topological polar surface area (TPSA) is 55.4 Å². The Morgan fingerprint density at radius 3 is 2.09 bits per heavy atom. The van der Waals surface area contributed by atoms with Crippen LogP contribution < -0.4 is 5.32 Å². The fraction of sp³-hybridized carbons (Fsp3) is 0.158. The van der Waals surface area contributed by atoms with Crippen LogP contribution in [-0.4, -0.2) is 25.0 Å². The normalized spacial score (nSPS) is 10.7. The zero-order valence-corrected chi connectivity index (χ0v) is 12.8. The van der Waals surface area contributed by atoms with Gasteiger partial charge in [0.05, 0.1) is 12.2 Å². The van der Waals surface area contributed by atoms with E-state index in [0.717, 1.165) is 21.5 Å². The molecule has 0 aliphatic heterocycles. The fourth-order valence-electron chi connectivity index (χ4n) is 2.71. The maximum absolute atomic E-state index is 12.7. The Morgan fingerprint density at radius 1 is 0.957 bits per heavy atom. The average Bonchev–Trinajstić information content (AvgIpc) is 2.57. The molecule has 0 fully saturated rings. The number of carbonyl (C=O) groups excluding carboxylic acids is 2. The van der Waals surface area contributed by atoms with Crippen molar-refractivity contribution < 1.29 is 14.3 Å². The number of benzene rings is 3. The highest BCUT2D eigenvalue weighted by atomic mass is 16.5. The van der Waals surface area contributed by atoms with Crippen molar-refractivity contribution in [2.45, 2.75) is 6.92 Å². The summed E-state index contributed by atoms with van der Waals surface area (Å²) in [4.78, 5) is 24.1. The average molecular weight is 307 g/mol. The highest BCUT2D eigenvalue weighted by molar-refractivity contribution is 6.18. The van der Waals surface area contributed by atoms with E-state index < -0.39 is 5.97 Å². The summed E-state index contributed by atoms with van der Waals surface area (Å²) in [5.41, 5.74) is 0.586. The predicted octanol–water partition coefficient (Wildman–Crippen LogP) is 3.29. The molecule has 1 amide bonds. The number of fused-ring (bicyclic) bond motifs is 2. The minimum atomic E-state index is -0.439. The molecule has 4 nitrogen and oxygen atoms in total. The lowest BCUT2D eigenvalue weighted by Gasteiger charge is -2.11. The van der Waals surface area contributed by atoms with E-state index in [9.17, 15) is 9.59 Å². The molecule has 0 unspecified atom stereocenters. The molecule has 116 valence electrons. The molecule has 0 bridgehead atoms. The fourth-order valence-corrected chi connectivity index (χ4v) is 2.71. The van der Waals surface area contributed by atoms with Crippen molar-refractivity contribution in [3.8, 4) is 0 Å². The Bertz CT molecular complexity index is 832. The number of hydrogen-bond donors (Lipinski definition) is 1. The third-order valence-corrected chi connectivity index (χ3v) is 3.70. The zero-order chi connectivity index (χ0) is 16.2. The Morgan fingerprint density at radius 2 is 1.52 bits per heavy atom. The van der Waals surface area contributed by atoms with E-state index >= 15 is 0 Å². The highest BCUT2D eigenvalue weighted by Gasteiger charge is 2.15. The third kappa shape index (κ3) is 3.01. The minimum absolute atomic E-state index is 0.135. The predicted molar refractivity (Wildman–Crippen MR) is 90.4 cm³/mol. The van der Waals surface area contributed by atoms with Crippen molar-refractivity contribution >= 4 is 33.4 Å². The van der Waals surface area contributed by atoms with Crippen LogP contribution in [-0.2, 0) is 9.53 Å². The van der Waals surface area contributed by atoms with Crippen LogP contribution in [0.15, 0.2) is 54.6 Å². The minimum Gasteiger partial charge on any atom is -0.465 e. The van der Waals surface area contributed by atoms with Gasteiger partial charge in [0.2, 0.25) is 0 Å². The molecule has 3 aromatic carbocycles. The van der Waals surface area contributed by atoms with Gasteiger partial charge in [0.15, 0.2) is 0 Å². The molecule has 4 heteroatoms. The Balaban J connectivity index is 2.06. The van der Waals surface area contributed by atoms with Gasteiger partial charge in [-0.15, -0.1) is 0 Å². The van der Waals surface area contributed by atoms with Gasteiger partial charge in [-0.2, -0.15) is 0 Å². The quantitative estimate of drug-likeness (QED) is 0.594. The van der Waals surface area contributed by atoms with E-state index in [1.54, 1.807) is 6.92 Å². The molecule has 23 heavy (non-hydrogen) atoms. The molecule has 0 aromatic heterocycles. The lowest BCUT2D eigenvalue weighted by Crippen LogP contribution is -2.30. The first-order valence-electron chi connectivity index (χ1n) is 7.55. The van der Waals surface area contributed by atoms with Crippen LogP contribution in [0.2, 0.25) is 0 Å². The van der Waals surface area contributed by atoms with E-state index in [1.807, 2.05) is 48.5 Å². The van der Waals surface area contributed by atoms with Gasteiger partial charge in [-0.3, -0.25) is 9.59 Å². The van der Waals surface area contributed by atoms with E-state index in [2.05, 4.69) is 11.4 Å². The summed E-state index contributed by atoms with van der Waals surface area (Å²) in [6.45, 7) is 1.90. The van der Waals surface area contributed by atoms with Gasteiger partial charge in [0.25, 0.3) is 5.91 Å². The first-order chi connectivity index (χ1) is 11.2. The Kier molecular flexibility index (Phi) is 4.24. The van der Waals surface area contributed by atoms with Gasteiger partial charge in [0.1, 0.15) is 6.54 Å². The van der Waals surface area contributed by atoms with Crippen molar-refractivity contribution in [2.24, 2.45) is 0 Å². The number of amides is 1. The molecular formula is C19H17NO3.